The Morgan fingerprint density at radius 3 is 1.56 bits per heavy atom. The van der Waals surface area contributed by atoms with Crippen molar-refractivity contribution >= 4 is 8.07 Å². The van der Waals surface area contributed by atoms with Crippen LogP contribution in [0.4, 0.5) is 0 Å². The molecule has 0 radical (unpaired) electrons. The molecule has 1 heterocycles. The van der Waals surface area contributed by atoms with E-state index in [0.29, 0.717) is 12.1 Å². The van der Waals surface area contributed by atoms with Crippen molar-refractivity contribution in [3.8, 4) is 0 Å². The van der Waals surface area contributed by atoms with Crippen LogP contribution in [-0.2, 0) is 0 Å². The lowest BCUT2D eigenvalue weighted by Gasteiger charge is -2.11. The minimum absolute atomic E-state index is 0.298. The normalized spacial score (nSPS) is 41.3. The zero-order valence-corrected chi connectivity index (χ0v) is 7.22. The summed E-state index contributed by atoms with van der Waals surface area (Å²) in [6.45, 7) is 4.72. The second-order valence-corrected chi connectivity index (χ2v) is 9.05. The summed E-state index contributed by atoms with van der Waals surface area (Å²) in [5, 5.41) is 0. The van der Waals surface area contributed by atoms with Crippen LogP contribution in [0.2, 0.25) is 25.2 Å². The molecular weight excluding hydrogens is 128 g/mol. The predicted octanol–water partition coefficient (Wildman–Crippen LogP) is 0.363. The molecule has 2 nitrogen and oxygen atoms in total. The van der Waals surface area contributed by atoms with E-state index < -0.39 is 8.07 Å². The molecule has 1 fully saturated rings. The Morgan fingerprint density at radius 2 is 1.44 bits per heavy atom. The smallest absolute Gasteiger partial charge is 0.0505 e. The molecule has 0 unspecified atom stereocenters. The number of rotatable bonds is 0. The van der Waals surface area contributed by atoms with E-state index in [0.717, 1.165) is 0 Å². The third-order valence-corrected chi connectivity index (χ3v) is 5.28. The Hall–Kier alpha value is 0.137. The molecule has 1 aliphatic heterocycles. The van der Waals surface area contributed by atoms with Crippen LogP contribution in [0.3, 0.4) is 0 Å². The van der Waals surface area contributed by atoms with Gasteiger partial charge in [0.25, 0.3) is 0 Å². The fourth-order valence-corrected chi connectivity index (χ4v) is 4.99. The molecular formula is C6H16N2Si. The van der Waals surface area contributed by atoms with Crippen molar-refractivity contribution < 1.29 is 0 Å². The molecule has 9 heavy (non-hydrogen) atoms. The summed E-state index contributed by atoms with van der Waals surface area (Å²) < 4.78 is 0. The molecule has 0 aromatic rings. The molecule has 0 bridgehead atoms. The maximum absolute atomic E-state index is 5.76. The van der Waals surface area contributed by atoms with Crippen molar-refractivity contribution in [3.05, 3.63) is 0 Å². The van der Waals surface area contributed by atoms with Crippen molar-refractivity contribution in [2.45, 2.75) is 37.3 Å². The van der Waals surface area contributed by atoms with Crippen molar-refractivity contribution in [1.82, 2.24) is 0 Å². The SMILES string of the molecule is C[Si]1(C)C[C@@H](N)[C@H](N)C1. The second-order valence-electron chi connectivity index (χ2n) is 3.90. The zero-order chi connectivity index (χ0) is 7.07. The molecule has 0 aromatic heterocycles. The highest BCUT2D eigenvalue weighted by Gasteiger charge is 2.36. The van der Waals surface area contributed by atoms with Gasteiger partial charge in [0, 0.05) is 12.1 Å². The van der Waals surface area contributed by atoms with Crippen LogP contribution in [0.15, 0.2) is 0 Å². The minimum Gasteiger partial charge on any atom is -0.327 e. The standard InChI is InChI=1S/C6H16N2Si/c1-9(2)3-5(7)6(8)4-9/h5-6H,3-4,7-8H2,1-2H3/t5-,6-/m1/s1. The predicted molar refractivity (Wildman–Crippen MR) is 43.0 cm³/mol. The molecule has 54 valence electrons. The van der Waals surface area contributed by atoms with E-state index in [9.17, 15) is 0 Å². The molecule has 0 aliphatic carbocycles. The topological polar surface area (TPSA) is 52.0 Å². The van der Waals surface area contributed by atoms with Gasteiger partial charge in [0.05, 0.1) is 8.07 Å². The largest absolute Gasteiger partial charge is 0.327 e. The highest BCUT2D eigenvalue weighted by molar-refractivity contribution is 6.78. The summed E-state index contributed by atoms with van der Waals surface area (Å²) in [4.78, 5) is 0. The van der Waals surface area contributed by atoms with Crippen molar-refractivity contribution in [1.29, 1.82) is 0 Å². The van der Waals surface area contributed by atoms with Crippen molar-refractivity contribution in [2.24, 2.45) is 11.5 Å². The van der Waals surface area contributed by atoms with Crippen molar-refractivity contribution in [3.63, 3.8) is 0 Å². The van der Waals surface area contributed by atoms with Crippen LogP contribution in [0, 0.1) is 0 Å². The van der Waals surface area contributed by atoms with Crippen LogP contribution >= 0.6 is 0 Å². The Kier molecular flexibility index (Phi) is 1.67. The Bertz CT molecular complexity index is 102. The number of nitrogens with two attached hydrogens (primary N) is 2. The summed E-state index contributed by atoms with van der Waals surface area (Å²) in [6.07, 6.45) is 0. The van der Waals surface area contributed by atoms with Gasteiger partial charge in [-0.3, -0.25) is 0 Å². The van der Waals surface area contributed by atoms with Gasteiger partial charge in [-0.1, -0.05) is 13.1 Å². The van der Waals surface area contributed by atoms with Gasteiger partial charge in [-0.25, -0.2) is 0 Å². The second kappa shape index (κ2) is 2.07. The Morgan fingerprint density at radius 1 is 1.11 bits per heavy atom. The molecule has 4 N–H and O–H groups in total. The molecule has 0 amide bonds. The van der Waals surface area contributed by atoms with E-state index in [-0.39, 0.29) is 0 Å². The van der Waals surface area contributed by atoms with Gasteiger partial charge in [0.1, 0.15) is 0 Å². The van der Waals surface area contributed by atoms with Crippen molar-refractivity contribution in [2.75, 3.05) is 0 Å². The first kappa shape index (κ1) is 7.25. The van der Waals surface area contributed by atoms with Gasteiger partial charge in [-0.05, 0) is 12.1 Å². The molecule has 1 aliphatic rings. The monoisotopic (exact) mass is 144 g/mol. The maximum Gasteiger partial charge on any atom is 0.0505 e. The lowest BCUT2D eigenvalue weighted by molar-refractivity contribution is 0.633. The lowest BCUT2D eigenvalue weighted by Crippen LogP contribution is -2.35. The van der Waals surface area contributed by atoms with E-state index in [2.05, 4.69) is 13.1 Å². The van der Waals surface area contributed by atoms with Crippen LogP contribution in [0.5, 0.6) is 0 Å². The van der Waals surface area contributed by atoms with E-state index in [4.69, 9.17) is 11.5 Å². The number of hydrogen-bond acceptors (Lipinski definition) is 2. The van der Waals surface area contributed by atoms with E-state index >= 15 is 0 Å². The first-order valence-electron chi connectivity index (χ1n) is 3.52. The summed E-state index contributed by atoms with van der Waals surface area (Å²) in [5.41, 5.74) is 11.5. The Labute approximate surface area is 57.6 Å². The third-order valence-electron chi connectivity index (χ3n) is 2.13. The van der Waals surface area contributed by atoms with Gasteiger partial charge in [0.2, 0.25) is 0 Å². The molecule has 0 saturated carbocycles. The average molecular weight is 144 g/mol. The summed E-state index contributed by atoms with van der Waals surface area (Å²) in [5.74, 6) is 0. The molecule has 1 saturated heterocycles. The van der Waals surface area contributed by atoms with Gasteiger partial charge >= 0.3 is 0 Å². The van der Waals surface area contributed by atoms with Crippen LogP contribution < -0.4 is 11.5 Å². The highest BCUT2D eigenvalue weighted by Crippen LogP contribution is 2.27. The van der Waals surface area contributed by atoms with Gasteiger partial charge in [0.15, 0.2) is 0 Å². The first-order valence-corrected chi connectivity index (χ1v) is 6.94. The van der Waals surface area contributed by atoms with Gasteiger partial charge < -0.3 is 11.5 Å². The third kappa shape index (κ3) is 1.53. The number of hydrogen-bond donors (Lipinski definition) is 2. The van der Waals surface area contributed by atoms with Crippen LogP contribution in [-0.4, -0.2) is 20.2 Å². The van der Waals surface area contributed by atoms with E-state index in [1.54, 1.807) is 0 Å². The fourth-order valence-electron chi connectivity index (χ4n) is 1.66. The summed E-state index contributed by atoms with van der Waals surface area (Å²) >= 11 is 0. The fraction of sp³-hybridized carbons (Fsp3) is 1.00. The quantitative estimate of drug-likeness (QED) is 0.482. The minimum atomic E-state index is -0.916. The molecule has 0 spiro atoms. The van der Waals surface area contributed by atoms with Gasteiger partial charge in [-0.2, -0.15) is 0 Å². The van der Waals surface area contributed by atoms with Gasteiger partial charge in [-0.15, -0.1) is 0 Å². The molecule has 2 atom stereocenters. The van der Waals surface area contributed by atoms with E-state index in [1.165, 1.54) is 12.1 Å². The first-order chi connectivity index (χ1) is 4.01. The summed E-state index contributed by atoms with van der Waals surface area (Å²) in [7, 11) is -0.916. The zero-order valence-electron chi connectivity index (χ0n) is 6.22. The Balaban J connectivity index is 2.54. The van der Waals surface area contributed by atoms with Crippen LogP contribution in [0.25, 0.3) is 0 Å². The summed E-state index contributed by atoms with van der Waals surface area (Å²) in [6, 6.07) is 3.03. The average Bonchev–Trinajstić information content (AvgIpc) is 1.79. The molecule has 3 heteroatoms. The maximum atomic E-state index is 5.76. The van der Waals surface area contributed by atoms with Crippen LogP contribution in [0.1, 0.15) is 0 Å². The lowest BCUT2D eigenvalue weighted by atomic mass is 10.2. The molecule has 0 aromatic carbocycles. The molecule has 1 rings (SSSR count). The van der Waals surface area contributed by atoms with E-state index in [1.807, 2.05) is 0 Å². The highest BCUT2D eigenvalue weighted by atomic mass is 28.3.